The van der Waals surface area contributed by atoms with Gasteiger partial charge >= 0.3 is 12.3 Å². The number of nitrogen functional groups attached to an aromatic ring is 2. The molecule has 1 aliphatic rings. The summed E-state index contributed by atoms with van der Waals surface area (Å²) in [6, 6.07) is 3.99. The van der Waals surface area contributed by atoms with Crippen LogP contribution >= 0.6 is 11.8 Å². The minimum Gasteiger partial charge on any atom is -0.444 e. The summed E-state index contributed by atoms with van der Waals surface area (Å²) in [5, 5.41) is 3.15. The Morgan fingerprint density at radius 1 is 1.21 bits per heavy atom. The molecule has 1 aromatic heterocycles. The Balaban J connectivity index is 1.68. The minimum atomic E-state index is -4.60. The predicted octanol–water partition coefficient (Wildman–Crippen LogP) is 5.75. The number of nitrogens with one attached hydrogen (secondary N) is 1. The van der Waals surface area contributed by atoms with Crippen molar-refractivity contribution in [2.24, 2.45) is 0 Å². The molecule has 1 fully saturated rings. The molecule has 0 atom stereocenters. The van der Waals surface area contributed by atoms with Crippen molar-refractivity contribution in [3.63, 3.8) is 0 Å². The molecule has 0 radical (unpaired) electrons. The molecule has 0 spiro atoms. The zero-order valence-corrected chi connectivity index (χ0v) is 20.4. The van der Waals surface area contributed by atoms with Crippen LogP contribution in [0.2, 0.25) is 0 Å². The highest BCUT2D eigenvalue weighted by atomic mass is 32.2. The third-order valence-electron chi connectivity index (χ3n) is 5.64. The van der Waals surface area contributed by atoms with Gasteiger partial charge in [0.1, 0.15) is 10.6 Å². The topological polar surface area (TPSA) is 116 Å². The van der Waals surface area contributed by atoms with Gasteiger partial charge in [-0.3, -0.25) is 0 Å². The van der Waals surface area contributed by atoms with Gasteiger partial charge in [0.25, 0.3) is 0 Å². The highest BCUT2D eigenvalue weighted by Gasteiger charge is 2.37. The van der Waals surface area contributed by atoms with Crippen LogP contribution in [0.3, 0.4) is 0 Å². The van der Waals surface area contributed by atoms with Gasteiger partial charge in [0.15, 0.2) is 5.82 Å². The van der Waals surface area contributed by atoms with E-state index < -0.39 is 29.0 Å². The van der Waals surface area contributed by atoms with Gasteiger partial charge < -0.3 is 21.5 Å². The zero-order valence-electron chi connectivity index (χ0n) is 19.6. The maximum absolute atomic E-state index is 13.4. The van der Waals surface area contributed by atoms with Crippen LogP contribution in [0.1, 0.15) is 70.6 Å². The van der Waals surface area contributed by atoms with Crippen molar-refractivity contribution in [3.05, 3.63) is 35.7 Å². The van der Waals surface area contributed by atoms with E-state index in [2.05, 4.69) is 15.3 Å². The van der Waals surface area contributed by atoms with Gasteiger partial charge in [0, 0.05) is 22.0 Å². The van der Waals surface area contributed by atoms with Crippen molar-refractivity contribution in [1.29, 1.82) is 0 Å². The van der Waals surface area contributed by atoms with Crippen molar-refractivity contribution < 1.29 is 22.7 Å². The van der Waals surface area contributed by atoms with Crippen molar-refractivity contribution in [3.8, 4) is 0 Å². The number of hydrogen-bond donors (Lipinski definition) is 3. The van der Waals surface area contributed by atoms with Crippen LogP contribution in [0.25, 0.3) is 0 Å². The van der Waals surface area contributed by atoms with Crippen molar-refractivity contribution in [1.82, 2.24) is 15.3 Å². The zero-order chi connectivity index (χ0) is 25.3. The molecule has 7 nitrogen and oxygen atoms in total. The van der Waals surface area contributed by atoms with Crippen LogP contribution < -0.4 is 16.8 Å². The quantitative estimate of drug-likeness (QED) is 0.460. The summed E-state index contributed by atoms with van der Waals surface area (Å²) in [6.07, 6.45) is -0.551. The summed E-state index contributed by atoms with van der Waals surface area (Å²) in [6.45, 7) is 7.42. The molecule has 1 amide bonds. The number of carbonyl (C=O) groups excluding carboxylic acids is 1. The number of anilines is 2. The number of alkyl carbamates (subject to hydrolysis) is 1. The lowest BCUT2D eigenvalue weighted by Gasteiger charge is -2.38. The van der Waals surface area contributed by atoms with E-state index in [1.807, 2.05) is 27.7 Å². The van der Waals surface area contributed by atoms with Crippen molar-refractivity contribution in [2.45, 2.75) is 86.5 Å². The summed E-state index contributed by atoms with van der Waals surface area (Å²) >= 11 is 0.788. The minimum absolute atomic E-state index is 0.0678. The summed E-state index contributed by atoms with van der Waals surface area (Å²) in [7, 11) is 0. The molecule has 0 unspecified atom stereocenters. The molecular formula is C23H30F3N5O2S. The highest BCUT2D eigenvalue weighted by molar-refractivity contribution is 7.99. The fraction of sp³-hybridized carbons (Fsp3) is 0.522. The first-order valence-corrected chi connectivity index (χ1v) is 11.8. The monoisotopic (exact) mass is 497 g/mol. The normalized spacial score (nSPS) is 21.2. The van der Waals surface area contributed by atoms with Crippen molar-refractivity contribution >= 4 is 29.4 Å². The average Bonchev–Trinajstić information content (AvgIpc) is 2.67. The van der Waals surface area contributed by atoms with Crippen LogP contribution in [0, 0.1) is 0 Å². The van der Waals surface area contributed by atoms with E-state index in [-0.39, 0.29) is 27.3 Å². The number of halogens is 3. The number of rotatable bonds is 4. The number of nitrogens with two attached hydrogens (primary N) is 2. The molecule has 1 aromatic carbocycles. The Bertz CT molecular complexity index is 1050. The number of hydrogen-bond acceptors (Lipinski definition) is 7. The average molecular weight is 498 g/mol. The second-order valence-electron chi connectivity index (χ2n) is 9.77. The lowest BCUT2D eigenvalue weighted by molar-refractivity contribution is -0.139. The lowest BCUT2D eigenvalue weighted by atomic mass is 9.76. The summed E-state index contributed by atoms with van der Waals surface area (Å²) in [5.41, 5.74) is 10.1. The Morgan fingerprint density at radius 2 is 1.85 bits per heavy atom. The molecule has 0 aliphatic heterocycles. The van der Waals surface area contributed by atoms with Crippen LogP contribution in [0.15, 0.2) is 34.3 Å². The number of carbonyl (C=O) groups is 1. The molecule has 0 bridgehead atoms. The number of alkyl halides is 3. The largest absolute Gasteiger partial charge is 0.444 e. The van der Waals surface area contributed by atoms with Gasteiger partial charge in [-0.1, -0.05) is 17.8 Å². The number of nitrogens with zero attached hydrogens (tertiary/aromatic N) is 2. The first-order chi connectivity index (χ1) is 15.7. The Kier molecular flexibility index (Phi) is 7.26. The molecule has 1 saturated carbocycles. The standard InChI is InChI=1S/C23H30F3N5O2S/c1-21(2,3)33-20(32)31-22(4)10-8-13(9-11-22)15-12-29-19(18(28)30-15)34-16-7-5-6-14(27)17(16)23(24,25)26/h5-7,12-13H,8-11,27H2,1-4H3,(H2,28,30)(H,31,32). The molecule has 11 heteroatoms. The Morgan fingerprint density at radius 3 is 2.41 bits per heavy atom. The molecule has 186 valence electrons. The summed E-state index contributed by atoms with van der Waals surface area (Å²) < 4.78 is 45.7. The third-order valence-corrected chi connectivity index (χ3v) is 6.71. The van der Waals surface area contributed by atoms with Gasteiger partial charge in [-0.2, -0.15) is 13.2 Å². The molecule has 34 heavy (non-hydrogen) atoms. The molecule has 2 aromatic rings. The van der Waals surface area contributed by atoms with E-state index >= 15 is 0 Å². The van der Waals surface area contributed by atoms with Crippen LogP contribution in [-0.4, -0.2) is 27.2 Å². The first kappa shape index (κ1) is 25.9. The van der Waals surface area contributed by atoms with E-state index in [4.69, 9.17) is 16.2 Å². The number of benzene rings is 1. The van der Waals surface area contributed by atoms with Gasteiger partial charge in [-0.25, -0.2) is 14.8 Å². The van der Waals surface area contributed by atoms with E-state index in [9.17, 15) is 18.0 Å². The van der Waals surface area contributed by atoms with Crippen LogP contribution in [0.5, 0.6) is 0 Å². The number of ether oxygens (including phenoxy) is 1. The number of amides is 1. The van der Waals surface area contributed by atoms with E-state index in [1.165, 1.54) is 18.2 Å². The van der Waals surface area contributed by atoms with Crippen molar-refractivity contribution in [2.75, 3.05) is 11.5 Å². The summed E-state index contributed by atoms with van der Waals surface area (Å²) in [5.74, 6) is 0.152. The van der Waals surface area contributed by atoms with Gasteiger partial charge in [0.05, 0.1) is 17.5 Å². The van der Waals surface area contributed by atoms with E-state index in [0.717, 1.165) is 24.6 Å². The Hall–Kier alpha value is -2.69. The molecular weight excluding hydrogens is 467 g/mol. The maximum Gasteiger partial charge on any atom is 0.419 e. The second kappa shape index (κ2) is 9.52. The Labute approximate surface area is 201 Å². The summed E-state index contributed by atoms with van der Waals surface area (Å²) in [4.78, 5) is 20.8. The maximum atomic E-state index is 13.4. The molecule has 3 rings (SSSR count). The second-order valence-corrected chi connectivity index (χ2v) is 10.8. The van der Waals surface area contributed by atoms with E-state index in [1.54, 1.807) is 6.20 Å². The van der Waals surface area contributed by atoms with Crippen LogP contribution in [-0.2, 0) is 10.9 Å². The fourth-order valence-corrected chi connectivity index (χ4v) is 4.89. The van der Waals surface area contributed by atoms with Crippen LogP contribution in [0.4, 0.5) is 29.5 Å². The molecule has 1 aliphatic carbocycles. The predicted molar refractivity (Wildman–Crippen MR) is 125 cm³/mol. The molecule has 1 heterocycles. The number of aromatic nitrogens is 2. The highest BCUT2D eigenvalue weighted by Crippen LogP contribution is 2.43. The van der Waals surface area contributed by atoms with Gasteiger partial charge in [-0.05, 0) is 65.5 Å². The first-order valence-electron chi connectivity index (χ1n) is 10.9. The molecule has 5 N–H and O–H groups in total. The smallest absolute Gasteiger partial charge is 0.419 e. The lowest BCUT2D eigenvalue weighted by Crippen LogP contribution is -2.49. The molecule has 0 saturated heterocycles. The van der Waals surface area contributed by atoms with E-state index in [0.29, 0.717) is 18.5 Å². The SMILES string of the molecule is CC1(NC(=O)OC(C)(C)C)CCC(c2cnc(Sc3cccc(N)c3C(F)(F)F)c(N)n2)CC1. The fourth-order valence-electron chi connectivity index (χ4n) is 3.95. The third kappa shape index (κ3) is 6.46. The van der Waals surface area contributed by atoms with Gasteiger partial charge in [0.2, 0.25) is 0 Å². The van der Waals surface area contributed by atoms with Gasteiger partial charge in [-0.15, -0.1) is 0 Å².